The molecule has 2 aromatic heterocycles. The van der Waals surface area contributed by atoms with E-state index >= 15 is 0 Å². The Hall–Kier alpha value is -2.46. The fraction of sp³-hybridized carbons (Fsp3) is 0.0588. The molecule has 0 aliphatic heterocycles. The van der Waals surface area contributed by atoms with Gasteiger partial charge in [-0.1, -0.05) is 30.3 Å². The molecular weight excluding hydrogens is 280 g/mol. The SMILES string of the molecule is O=Cc1cn(Cc2nc3ccccc3s2)c2ccccc12. The second kappa shape index (κ2) is 4.82. The third-order valence-corrected chi connectivity index (χ3v) is 4.61. The highest BCUT2D eigenvalue weighted by Crippen LogP contribution is 2.25. The molecule has 2 aromatic carbocycles. The molecule has 3 nitrogen and oxygen atoms in total. The first-order chi connectivity index (χ1) is 10.3. The molecule has 0 fully saturated rings. The molecule has 0 aliphatic rings. The Bertz CT molecular complexity index is 919. The van der Waals surface area contributed by atoms with Crippen LogP contribution in [0.15, 0.2) is 54.7 Å². The van der Waals surface area contributed by atoms with Gasteiger partial charge in [-0.2, -0.15) is 0 Å². The molecule has 2 heterocycles. The predicted molar refractivity (Wildman–Crippen MR) is 86.0 cm³/mol. The quantitative estimate of drug-likeness (QED) is 0.533. The van der Waals surface area contributed by atoms with Crippen LogP contribution in [-0.4, -0.2) is 15.8 Å². The Kier molecular flexibility index (Phi) is 2.82. The average Bonchev–Trinajstić information content (AvgIpc) is 3.08. The largest absolute Gasteiger partial charge is 0.340 e. The molecule has 0 aliphatic carbocycles. The van der Waals surface area contributed by atoms with Gasteiger partial charge in [0.1, 0.15) is 5.01 Å². The molecule has 0 saturated heterocycles. The van der Waals surface area contributed by atoms with Gasteiger partial charge in [-0.25, -0.2) is 4.98 Å². The van der Waals surface area contributed by atoms with Gasteiger partial charge < -0.3 is 4.57 Å². The summed E-state index contributed by atoms with van der Waals surface area (Å²) < 4.78 is 3.29. The van der Waals surface area contributed by atoms with Crippen LogP contribution in [0, 0.1) is 0 Å². The summed E-state index contributed by atoms with van der Waals surface area (Å²) in [5, 5.41) is 2.04. The van der Waals surface area contributed by atoms with Crippen molar-refractivity contribution in [3.05, 3.63) is 65.3 Å². The molecule has 0 radical (unpaired) electrons. The van der Waals surface area contributed by atoms with Crippen LogP contribution in [0.4, 0.5) is 0 Å². The molecule has 102 valence electrons. The molecule has 4 heteroatoms. The maximum atomic E-state index is 11.2. The van der Waals surface area contributed by atoms with Gasteiger partial charge in [0, 0.05) is 22.7 Å². The standard InChI is InChI=1S/C17H12N2OS/c20-11-12-9-19(15-7-3-1-5-13(12)15)10-17-18-14-6-2-4-8-16(14)21-17/h1-9,11H,10H2. The maximum absolute atomic E-state index is 11.2. The lowest BCUT2D eigenvalue weighted by Crippen LogP contribution is -1.96. The zero-order chi connectivity index (χ0) is 14.2. The van der Waals surface area contributed by atoms with E-state index in [1.807, 2.05) is 48.7 Å². The lowest BCUT2D eigenvalue weighted by atomic mass is 10.2. The lowest BCUT2D eigenvalue weighted by molar-refractivity contribution is 0.112. The van der Waals surface area contributed by atoms with Crippen molar-refractivity contribution in [1.29, 1.82) is 0 Å². The van der Waals surface area contributed by atoms with E-state index in [4.69, 9.17) is 0 Å². The van der Waals surface area contributed by atoms with Crippen molar-refractivity contribution in [3.8, 4) is 0 Å². The zero-order valence-corrected chi connectivity index (χ0v) is 12.0. The van der Waals surface area contributed by atoms with E-state index in [-0.39, 0.29) is 0 Å². The Labute approximate surface area is 125 Å². The monoisotopic (exact) mass is 292 g/mol. The van der Waals surface area contributed by atoms with Crippen LogP contribution in [-0.2, 0) is 6.54 Å². The molecule has 4 aromatic rings. The van der Waals surface area contributed by atoms with Gasteiger partial charge in [0.15, 0.2) is 6.29 Å². The summed E-state index contributed by atoms with van der Waals surface area (Å²) in [7, 11) is 0. The van der Waals surface area contributed by atoms with Crippen LogP contribution in [0.1, 0.15) is 15.4 Å². The molecule has 0 saturated carbocycles. The molecule has 4 rings (SSSR count). The molecule has 21 heavy (non-hydrogen) atoms. The van der Waals surface area contributed by atoms with Crippen molar-refractivity contribution in [2.75, 3.05) is 0 Å². The smallest absolute Gasteiger partial charge is 0.152 e. The summed E-state index contributed by atoms with van der Waals surface area (Å²) in [6.07, 6.45) is 2.82. The molecule has 0 N–H and O–H groups in total. The number of fused-ring (bicyclic) bond motifs is 2. The summed E-state index contributed by atoms with van der Waals surface area (Å²) in [6.45, 7) is 0.688. The van der Waals surface area contributed by atoms with Gasteiger partial charge >= 0.3 is 0 Å². The number of hydrogen-bond donors (Lipinski definition) is 0. The Balaban J connectivity index is 1.81. The van der Waals surface area contributed by atoms with Crippen molar-refractivity contribution in [3.63, 3.8) is 0 Å². The number of hydrogen-bond acceptors (Lipinski definition) is 3. The average molecular weight is 292 g/mol. The molecule has 0 unspecified atom stereocenters. The number of nitrogens with zero attached hydrogens (tertiary/aromatic N) is 2. The minimum Gasteiger partial charge on any atom is -0.340 e. The third-order valence-electron chi connectivity index (χ3n) is 3.59. The van der Waals surface area contributed by atoms with E-state index in [0.29, 0.717) is 6.54 Å². The molecule has 0 atom stereocenters. The number of aldehydes is 1. The van der Waals surface area contributed by atoms with Gasteiger partial charge in [0.05, 0.1) is 16.8 Å². The number of rotatable bonds is 3. The van der Waals surface area contributed by atoms with Crippen LogP contribution < -0.4 is 0 Å². The van der Waals surface area contributed by atoms with E-state index in [2.05, 4.69) is 15.6 Å². The number of benzene rings is 2. The van der Waals surface area contributed by atoms with E-state index in [9.17, 15) is 4.79 Å². The van der Waals surface area contributed by atoms with E-state index in [0.717, 1.165) is 33.3 Å². The van der Waals surface area contributed by atoms with E-state index in [1.165, 1.54) is 4.70 Å². The summed E-state index contributed by atoms with van der Waals surface area (Å²) in [4.78, 5) is 15.9. The summed E-state index contributed by atoms with van der Waals surface area (Å²) in [5.41, 5.74) is 2.83. The van der Waals surface area contributed by atoms with Crippen molar-refractivity contribution in [2.24, 2.45) is 0 Å². The Morgan fingerprint density at radius 1 is 1.10 bits per heavy atom. The van der Waals surface area contributed by atoms with Crippen LogP contribution in [0.25, 0.3) is 21.1 Å². The van der Waals surface area contributed by atoms with Crippen molar-refractivity contribution < 1.29 is 4.79 Å². The summed E-state index contributed by atoms with van der Waals surface area (Å²) in [6, 6.07) is 16.1. The topological polar surface area (TPSA) is 34.9 Å². The van der Waals surface area contributed by atoms with Crippen LogP contribution >= 0.6 is 11.3 Å². The Morgan fingerprint density at radius 2 is 1.90 bits per heavy atom. The van der Waals surface area contributed by atoms with Crippen LogP contribution in [0.5, 0.6) is 0 Å². The Morgan fingerprint density at radius 3 is 2.76 bits per heavy atom. The number of carbonyl (C=O) groups is 1. The normalized spacial score (nSPS) is 11.2. The first kappa shape index (κ1) is 12.3. The van der Waals surface area contributed by atoms with Crippen LogP contribution in [0.3, 0.4) is 0 Å². The fourth-order valence-electron chi connectivity index (χ4n) is 2.63. The lowest BCUT2D eigenvalue weighted by Gasteiger charge is -2.01. The first-order valence-corrected chi connectivity index (χ1v) is 7.54. The zero-order valence-electron chi connectivity index (χ0n) is 11.2. The molecule has 0 spiro atoms. The van der Waals surface area contributed by atoms with E-state index in [1.54, 1.807) is 11.3 Å². The number of para-hydroxylation sites is 2. The summed E-state index contributed by atoms with van der Waals surface area (Å²) in [5.74, 6) is 0. The minimum absolute atomic E-state index is 0.688. The van der Waals surface area contributed by atoms with Gasteiger partial charge in [0.2, 0.25) is 0 Å². The number of aromatic nitrogens is 2. The molecule has 0 bridgehead atoms. The third kappa shape index (κ3) is 2.04. The highest BCUT2D eigenvalue weighted by Gasteiger charge is 2.09. The van der Waals surface area contributed by atoms with Crippen LogP contribution in [0.2, 0.25) is 0 Å². The maximum Gasteiger partial charge on any atom is 0.152 e. The highest BCUT2D eigenvalue weighted by molar-refractivity contribution is 7.18. The number of thiazole rings is 1. The predicted octanol–water partition coefficient (Wildman–Crippen LogP) is 4.11. The van der Waals surface area contributed by atoms with Gasteiger partial charge in [-0.15, -0.1) is 11.3 Å². The summed E-state index contributed by atoms with van der Waals surface area (Å²) >= 11 is 1.70. The molecular formula is C17H12N2OS. The van der Waals surface area contributed by atoms with Crippen molar-refractivity contribution in [2.45, 2.75) is 6.54 Å². The van der Waals surface area contributed by atoms with Crippen molar-refractivity contribution in [1.82, 2.24) is 9.55 Å². The highest BCUT2D eigenvalue weighted by atomic mass is 32.1. The number of carbonyl (C=O) groups excluding carboxylic acids is 1. The van der Waals surface area contributed by atoms with Gasteiger partial charge in [-0.3, -0.25) is 4.79 Å². The van der Waals surface area contributed by atoms with Gasteiger partial charge in [-0.05, 0) is 18.2 Å². The second-order valence-electron chi connectivity index (χ2n) is 4.92. The van der Waals surface area contributed by atoms with Gasteiger partial charge in [0.25, 0.3) is 0 Å². The van der Waals surface area contributed by atoms with Crippen molar-refractivity contribution >= 4 is 38.7 Å². The first-order valence-electron chi connectivity index (χ1n) is 6.72. The minimum atomic E-state index is 0.688. The van der Waals surface area contributed by atoms with E-state index < -0.39 is 0 Å². The fourth-order valence-corrected chi connectivity index (χ4v) is 3.60. The molecule has 0 amide bonds. The second-order valence-corrected chi connectivity index (χ2v) is 6.04.